The maximum absolute atomic E-state index is 12.7. The minimum atomic E-state index is -0.211. The van der Waals surface area contributed by atoms with Crippen molar-refractivity contribution in [2.75, 3.05) is 0 Å². The molecule has 2 aromatic heterocycles. The molecule has 1 aromatic carbocycles. The second-order valence-electron chi connectivity index (χ2n) is 4.98. The molecule has 0 aliphatic heterocycles. The van der Waals surface area contributed by atoms with Gasteiger partial charge in [-0.05, 0) is 23.6 Å². The van der Waals surface area contributed by atoms with Gasteiger partial charge in [-0.1, -0.05) is 34.1 Å². The summed E-state index contributed by atoms with van der Waals surface area (Å²) in [6.45, 7) is 0. The lowest BCUT2D eigenvalue weighted by Gasteiger charge is -2.14. The topological polar surface area (TPSA) is 51.2 Å². The van der Waals surface area contributed by atoms with Crippen molar-refractivity contribution in [2.45, 2.75) is 0 Å². The van der Waals surface area contributed by atoms with Crippen molar-refractivity contribution < 1.29 is 14.4 Å². The van der Waals surface area contributed by atoms with Gasteiger partial charge in [0.2, 0.25) is 11.6 Å². The number of fused-ring (bicyclic) bond motifs is 2. The van der Waals surface area contributed by atoms with Crippen LogP contribution in [0.1, 0.15) is 45.7 Å². The molecule has 4 rings (SSSR count). The first-order valence-electron chi connectivity index (χ1n) is 6.68. The summed E-state index contributed by atoms with van der Waals surface area (Å²) < 4.78 is 0.596. The molecule has 0 N–H and O–H groups in total. The Kier molecular flexibility index (Phi) is 3.41. The smallest absolute Gasteiger partial charge is 0.212 e. The molecule has 2 heterocycles. The number of benzene rings is 1. The molecule has 1 aliphatic carbocycles. The highest BCUT2D eigenvalue weighted by Crippen LogP contribution is 2.37. The maximum Gasteiger partial charge on any atom is 0.212 e. The first kappa shape index (κ1) is 14.7. The van der Waals surface area contributed by atoms with Crippen molar-refractivity contribution in [2.24, 2.45) is 0 Å². The predicted molar refractivity (Wildman–Crippen MR) is 93.1 cm³/mol. The molecule has 0 saturated carbocycles. The van der Waals surface area contributed by atoms with E-state index >= 15 is 0 Å². The standard InChI is InChI=1S/C17H7BrO3S2/c18-10-4-1-3-8-13(10)16(21)17-9(14(8)19)7-12(23-17)15(20)11-5-2-6-22-11/h1-7H. The number of carbonyl (C=O) groups is 3. The van der Waals surface area contributed by atoms with E-state index in [1.54, 1.807) is 36.4 Å². The van der Waals surface area contributed by atoms with Crippen LogP contribution in [-0.4, -0.2) is 17.3 Å². The van der Waals surface area contributed by atoms with Gasteiger partial charge in [0.05, 0.1) is 14.6 Å². The van der Waals surface area contributed by atoms with Gasteiger partial charge in [0, 0.05) is 21.2 Å². The van der Waals surface area contributed by atoms with E-state index in [1.165, 1.54) is 11.3 Å². The van der Waals surface area contributed by atoms with Crippen LogP contribution in [0.25, 0.3) is 0 Å². The van der Waals surface area contributed by atoms with Crippen LogP contribution in [0.4, 0.5) is 0 Å². The molecule has 3 aromatic rings. The molecular formula is C17H7BrO3S2. The van der Waals surface area contributed by atoms with Crippen molar-refractivity contribution >= 4 is 56.0 Å². The average Bonchev–Trinajstić information content (AvgIpc) is 3.21. The van der Waals surface area contributed by atoms with E-state index in [4.69, 9.17) is 0 Å². The molecule has 6 heteroatoms. The summed E-state index contributed by atoms with van der Waals surface area (Å²) in [5, 5.41) is 1.82. The van der Waals surface area contributed by atoms with E-state index in [1.807, 2.05) is 5.38 Å². The molecule has 112 valence electrons. The zero-order chi connectivity index (χ0) is 16.1. The fourth-order valence-electron chi connectivity index (χ4n) is 2.57. The van der Waals surface area contributed by atoms with E-state index in [0.29, 0.717) is 35.8 Å². The molecule has 0 fully saturated rings. The van der Waals surface area contributed by atoms with Crippen LogP contribution in [0.2, 0.25) is 0 Å². The first-order valence-corrected chi connectivity index (χ1v) is 9.17. The molecule has 0 radical (unpaired) electrons. The first-order chi connectivity index (χ1) is 11.1. The quantitative estimate of drug-likeness (QED) is 0.461. The van der Waals surface area contributed by atoms with Gasteiger partial charge in [-0.3, -0.25) is 14.4 Å². The van der Waals surface area contributed by atoms with E-state index in [0.717, 1.165) is 11.3 Å². The number of carbonyl (C=O) groups excluding carboxylic acids is 3. The second-order valence-corrected chi connectivity index (χ2v) is 7.83. The fourth-order valence-corrected chi connectivity index (χ4v) is 4.92. The lowest BCUT2D eigenvalue weighted by Crippen LogP contribution is -2.19. The van der Waals surface area contributed by atoms with Gasteiger partial charge in [-0.2, -0.15) is 0 Å². The van der Waals surface area contributed by atoms with E-state index in [9.17, 15) is 14.4 Å². The summed E-state index contributed by atoms with van der Waals surface area (Å²) in [7, 11) is 0. The summed E-state index contributed by atoms with van der Waals surface area (Å²) in [5.41, 5.74) is 1.08. The lowest BCUT2D eigenvalue weighted by molar-refractivity contribution is 0.0982. The van der Waals surface area contributed by atoms with E-state index in [-0.39, 0.29) is 17.3 Å². The number of rotatable bonds is 2. The molecule has 0 atom stereocenters. The number of ketones is 3. The Morgan fingerprint density at radius 3 is 2.52 bits per heavy atom. The largest absolute Gasteiger partial charge is 0.289 e. The zero-order valence-electron chi connectivity index (χ0n) is 11.5. The van der Waals surface area contributed by atoms with E-state index < -0.39 is 0 Å². The van der Waals surface area contributed by atoms with Gasteiger partial charge in [0.15, 0.2) is 5.78 Å². The van der Waals surface area contributed by atoms with Crippen LogP contribution in [-0.2, 0) is 0 Å². The highest BCUT2D eigenvalue weighted by molar-refractivity contribution is 9.10. The summed E-state index contributed by atoms with van der Waals surface area (Å²) in [4.78, 5) is 39.2. The molecule has 1 aliphatic rings. The van der Waals surface area contributed by atoms with Gasteiger partial charge in [-0.15, -0.1) is 22.7 Å². The summed E-state index contributed by atoms with van der Waals surface area (Å²) in [6, 6.07) is 10.2. The summed E-state index contributed by atoms with van der Waals surface area (Å²) in [5.74, 6) is -0.571. The fraction of sp³-hybridized carbons (Fsp3) is 0. The molecule has 0 unspecified atom stereocenters. The van der Waals surface area contributed by atoms with Gasteiger partial charge < -0.3 is 0 Å². The lowest BCUT2D eigenvalue weighted by atomic mass is 9.89. The molecule has 0 spiro atoms. The van der Waals surface area contributed by atoms with Crippen molar-refractivity contribution in [3.8, 4) is 0 Å². The van der Waals surface area contributed by atoms with Gasteiger partial charge >= 0.3 is 0 Å². The van der Waals surface area contributed by atoms with Crippen molar-refractivity contribution in [3.63, 3.8) is 0 Å². The molecule has 3 nitrogen and oxygen atoms in total. The van der Waals surface area contributed by atoms with Crippen LogP contribution < -0.4 is 0 Å². The van der Waals surface area contributed by atoms with Crippen molar-refractivity contribution in [1.29, 1.82) is 0 Å². The Labute approximate surface area is 147 Å². The number of thiophene rings is 2. The summed E-state index contributed by atoms with van der Waals surface area (Å²) >= 11 is 5.77. The van der Waals surface area contributed by atoms with E-state index in [2.05, 4.69) is 15.9 Å². The monoisotopic (exact) mass is 402 g/mol. The Hall–Kier alpha value is -1.89. The Balaban J connectivity index is 1.87. The van der Waals surface area contributed by atoms with Gasteiger partial charge in [0.25, 0.3) is 0 Å². The number of hydrogen-bond acceptors (Lipinski definition) is 5. The Bertz CT molecular complexity index is 983. The molecule has 0 bridgehead atoms. The highest BCUT2D eigenvalue weighted by Gasteiger charge is 2.34. The molecule has 0 saturated heterocycles. The van der Waals surface area contributed by atoms with Crippen LogP contribution in [0, 0.1) is 0 Å². The van der Waals surface area contributed by atoms with Crippen LogP contribution >= 0.6 is 38.6 Å². The number of hydrogen-bond donors (Lipinski definition) is 0. The molecule has 23 heavy (non-hydrogen) atoms. The summed E-state index contributed by atoms with van der Waals surface area (Å²) in [6.07, 6.45) is 0. The third-order valence-electron chi connectivity index (χ3n) is 3.64. The van der Waals surface area contributed by atoms with Crippen LogP contribution in [0.15, 0.2) is 46.3 Å². The predicted octanol–water partition coefficient (Wildman–Crippen LogP) is 4.58. The third kappa shape index (κ3) is 2.17. The normalized spacial score (nSPS) is 12.9. The number of halogens is 1. The third-order valence-corrected chi connectivity index (χ3v) is 6.30. The maximum atomic E-state index is 12.7. The van der Waals surface area contributed by atoms with Crippen LogP contribution in [0.5, 0.6) is 0 Å². The van der Waals surface area contributed by atoms with Crippen molar-refractivity contribution in [1.82, 2.24) is 0 Å². The second kappa shape index (κ2) is 5.33. The average molecular weight is 403 g/mol. The van der Waals surface area contributed by atoms with Crippen molar-refractivity contribution in [3.05, 3.63) is 77.6 Å². The van der Waals surface area contributed by atoms with Crippen LogP contribution in [0.3, 0.4) is 0 Å². The highest BCUT2D eigenvalue weighted by atomic mass is 79.9. The minimum Gasteiger partial charge on any atom is -0.289 e. The minimum absolute atomic E-state index is 0.150. The zero-order valence-corrected chi connectivity index (χ0v) is 14.7. The Morgan fingerprint density at radius 1 is 0.957 bits per heavy atom. The molecule has 0 amide bonds. The van der Waals surface area contributed by atoms with Gasteiger partial charge in [0.1, 0.15) is 0 Å². The van der Waals surface area contributed by atoms with Gasteiger partial charge in [-0.25, -0.2) is 0 Å². The molecular weight excluding hydrogens is 396 g/mol. The Morgan fingerprint density at radius 2 is 1.78 bits per heavy atom. The SMILES string of the molecule is O=C(c1cccs1)c1cc2c(s1)C(=O)c1c(Br)cccc1C2=O.